The first-order chi connectivity index (χ1) is 9.46. The highest BCUT2D eigenvalue weighted by Crippen LogP contribution is 2.24. The fourth-order valence-electron chi connectivity index (χ4n) is 1.95. The lowest BCUT2D eigenvalue weighted by Gasteiger charge is -2.33. The van der Waals surface area contributed by atoms with E-state index in [1.165, 1.54) is 6.92 Å². The molecule has 4 nitrogen and oxygen atoms in total. The molecule has 1 N–H and O–H groups in total. The van der Waals surface area contributed by atoms with Crippen LogP contribution in [0, 0.1) is 5.41 Å². The van der Waals surface area contributed by atoms with Crippen LogP contribution in [0.5, 0.6) is 0 Å². The van der Waals surface area contributed by atoms with Crippen LogP contribution >= 0.6 is 0 Å². The number of carbonyl (C=O) groups excluding carboxylic acids is 1. The normalized spacial score (nSPS) is 19.6. The van der Waals surface area contributed by atoms with Crippen LogP contribution in [0.15, 0.2) is 36.4 Å². The third kappa shape index (κ3) is 4.18. The van der Waals surface area contributed by atoms with Crippen molar-refractivity contribution in [2.45, 2.75) is 27.1 Å². The Bertz CT molecular complexity index is 484. The molecule has 0 unspecified atom stereocenters. The fraction of sp³-hybridized carbons (Fsp3) is 0.438. The molecule has 0 spiro atoms. The molecule has 0 aliphatic carbocycles. The number of amides is 1. The highest BCUT2D eigenvalue weighted by atomic mass is 16.7. The van der Waals surface area contributed by atoms with Crippen molar-refractivity contribution < 1.29 is 14.3 Å². The predicted molar refractivity (Wildman–Crippen MR) is 77.7 cm³/mol. The molecule has 108 valence electrons. The molecule has 20 heavy (non-hydrogen) atoms. The molecule has 0 bridgehead atoms. The van der Waals surface area contributed by atoms with Gasteiger partial charge in [0, 0.05) is 18.0 Å². The molecule has 1 aliphatic heterocycles. The maximum Gasteiger partial charge on any atom is 0.221 e. The molecular weight excluding hydrogens is 254 g/mol. The Labute approximate surface area is 119 Å². The first-order valence-corrected chi connectivity index (χ1v) is 6.74. The topological polar surface area (TPSA) is 47.6 Å². The minimum absolute atomic E-state index is 0.0330. The van der Waals surface area contributed by atoms with Gasteiger partial charge in [-0.1, -0.05) is 44.2 Å². The highest BCUT2D eigenvalue weighted by molar-refractivity contribution is 5.85. The molecule has 1 aliphatic rings. The van der Waals surface area contributed by atoms with Crippen molar-refractivity contribution >= 4 is 11.6 Å². The van der Waals surface area contributed by atoms with Crippen LogP contribution in [0.3, 0.4) is 0 Å². The van der Waals surface area contributed by atoms with Gasteiger partial charge in [-0.05, 0) is 11.6 Å². The van der Waals surface area contributed by atoms with Crippen molar-refractivity contribution in [3.05, 3.63) is 42.0 Å². The molecule has 1 aromatic carbocycles. The Morgan fingerprint density at radius 3 is 2.40 bits per heavy atom. The van der Waals surface area contributed by atoms with E-state index >= 15 is 0 Å². The van der Waals surface area contributed by atoms with Gasteiger partial charge in [0.1, 0.15) is 0 Å². The van der Waals surface area contributed by atoms with E-state index in [9.17, 15) is 4.79 Å². The number of nitrogens with one attached hydrogen (secondary N) is 1. The summed E-state index contributed by atoms with van der Waals surface area (Å²) < 4.78 is 11.4. The van der Waals surface area contributed by atoms with Gasteiger partial charge < -0.3 is 14.8 Å². The van der Waals surface area contributed by atoms with Gasteiger partial charge in [-0.2, -0.15) is 0 Å². The molecule has 1 fully saturated rings. The SMILES string of the molecule is CC(=O)N/C(=C/C1OCC(C)(C)CO1)c1ccccc1. The summed E-state index contributed by atoms with van der Waals surface area (Å²) in [4.78, 5) is 11.3. The zero-order chi connectivity index (χ0) is 14.6. The third-order valence-electron chi connectivity index (χ3n) is 2.97. The minimum Gasteiger partial charge on any atom is -0.348 e. The highest BCUT2D eigenvalue weighted by Gasteiger charge is 2.27. The van der Waals surface area contributed by atoms with Gasteiger partial charge in [0.05, 0.1) is 13.2 Å². The summed E-state index contributed by atoms with van der Waals surface area (Å²) in [6, 6.07) is 9.67. The number of ether oxygens (including phenoxy) is 2. The maximum absolute atomic E-state index is 11.3. The number of hydrogen-bond donors (Lipinski definition) is 1. The van der Waals surface area contributed by atoms with Crippen LogP contribution in [-0.2, 0) is 14.3 Å². The smallest absolute Gasteiger partial charge is 0.221 e. The van der Waals surface area contributed by atoms with Crippen LogP contribution in [0.1, 0.15) is 26.3 Å². The number of carbonyl (C=O) groups is 1. The van der Waals surface area contributed by atoms with Crippen molar-refractivity contribution in [2.75, 3.05) is 13.2 Å². The summed E-state index contributed by atoms with van der Waals surface area (Å²) in [5.74, 6) is -0.115. The Balaban J connectivity index is 2.15. The molecule has 1 amide bonds. The molecule has 4 heteroatoms. The average Bonchev–Trinajstić information content (AvgIpc) is 2.41. The van der Waals surface area contributed by atoms with E-state index in [-0.39, 0.29) is 11.3 Å². The van der Waals surface area contributed by atoms with E-state index in [0.717, 1.165) is 5.56 Å². The Hall–Kier alpha value is -1.65. The second-order valence-electron chi connectivity index (χ2n) is 5.78. The van der Waals surface area contributed by atoms with E-state index in [1.54, 1.807) is 0 Å². The van der Waals surface area contributed by atoms with E-state index in [0.29, 0.717) is 18.9 Å². The third-order valence-corrected chi connectivity index (χ3v) is 2.97. The summed E-state index contributed by atoms with van der Waals surface area (Å²) in [5.41, 5.74) is 1.67. The van der Waals surface area contributed by atoms with Gasteiger partial charge >= 0.3 is 0 Å². The van der Waals surface area contributed by atoms with Crippen molar-refractivity contribution in [2.24, 2.45) is 5.41 Å². The standard InChI is InChI=1S/C16H21NO3/c1-12(18)17-14(13-7-5-4-6-8-13)9-15-19-10-16(2,3)11-20-15/h4-9,15H,10-11H2,1-3H3,(H,17,18)/b14-9+. The quantitative estimate of drug-likeness (QED) is 0.922. The van der Waals surface area contributed by atoms with Crippen molar-refractivity contribution in [3.8, 4) is 0 Å². The summed E-state index contributed by atoms with van der Waals surface area (Å²) in [5, 5.41) is 2.83. The molecule has 2 rings (SSSR count). The predicted octanol–water partition coefficient (Wildman–Crippen LogP) is 2.56. The Morgan fingerprint density at radius 1 is 1.25 bits per heavy atom. The summed E-state index contributed by atoms with van der Waals surface area (Å²) in [6.45, 7) is 6.95. The second-order valence-corrected chi connectivity index (χ2v) is 5.78. The van der Waals surface area contributed by atoms with Crippen molar-refractivity contribution in [1.29, 1.82) is 0 Å². The largest absolute Gasteiger partial charge is 0.348 e. The summed E-state index contributed by atoms with van der Waals surface area (Å²) >= 11 is 0. The molecule has 0 atom stereocenters. The van der Waals surface area contributed by atoms with E-state index < -0.39 is 6.29 Å². The van der Waals surface area contributed by atoms with Gasteiger partial charge in [0.25, 0.3) is 0 Å². The number of rotatable bonds is 3. The molecule has 0 aromatic heterocycles. The molecule has 0 saturated carbocycles. The van der Waals surface area contributed by atoms with Gasteiger partial charge in [0.15, 0.2) is 6.29 Å². The summed E-state index contributed by atoms with van der Waals surface area (Å²) in [6.07, 6.45) is 1.39. The Kier molecular flexibility index (Phi) is 4.57. The van der Waals surface area contributed by atoms with E-state index in [2.05, 4.69) is 19.2 Å². The first kappa shape index (κ1) is 14.8. The fourth-order valence-corrected chi connectivity index (χ4v) is 1.95. The van der Waals surface area contributed by atoms with Crippen LogP contribution in [0.2, 0.25) is 0 Å². The van der Waals surface area contributed by atoms with E-state index in [1.807, 2.05) is 36.4 Å². The van der Waals surface area contributed by atoms with Gasteiger partial charge in [0.2, 0.25) is 5.91 Å². The van der Waals surface area contributed by atoms with Crippen LogP contribution in [-0.4, -0.2) is 25.4 Å². The number of benzene rings is 1. The van der Waals surface area contributed by atoms with Crippen LogP contribution in [0.25, 0.3) is 5.70 Å². The maximum atomic E-state index is 11.3. The molecule has 1 heterocycles. The summed E-state index contributed by atoms with van der Waals surface area (Å²) in [7, 11) is 0. The first-order valence-electron chi connectivity index (χ1n) is 6.74. The van der Waals surface area contributed by atoms with Gasteiger partial charge in [-0.3, -0.25) is 4.79 Å². The lowest BCUT2D eigenvalue weighted by molar-refractivity contribution is -0.197. The van der Waals surface area contributed by atoms with Crippen molar-refractivity contribution in [1.82, 2.24) is 5.32 Å². The average molecular weight is 275 g/mol. The molecular formula is C16H21NO3. The minimum atomic E-state index is -0.426. The van der Waals surface area contributed by atoms with Gasteiger partial charge in [-0.25, -0.2) is 0 Å². The monoisotopic (exact) mass is 275 g/mol. The molecule has 1 aromatic rings. The zero-order valence-corrected chi connectivity index (χ0v) is 12.2. The van der Waals surface area contributed by atoms with Crippen molar-refractivity contribution in [3.63, 3.8) is 0 Å². The lowest BCUT2D eigenvalue weighted by Crippen LogP contribution is -2.37. The zero-order valence-electron chi connectivity index (χ0n) is 12.2. The number of hydrogen-bond acceptors (Lipinski definition) is 3. The van der Waals surface area contributed by atoms with Crippen LogP contribution < -0.4 is 5.32 Å². The molecule has 1 saturated heterocycles. The second kappa shape index (κ2) is 6.20. The lowest BCUT2D eigenvalue weighted by atomic mass is 9.95. The molecule has 0 radical (unpaired) electrons. The van der Waals surface area contributed by atoms with E-state index in [4.69, 9.17) is 9.47 Å². The van der Waals surface area contributed by atoms with Crippen LogP contribution in [0.4, 0.5) is 0 Å². The van der Waals surface area contributed by atoms with Gasteiger partial charge in [-0.15, -0.1) is 0 Å². The Morgan fingerprint density at radius 2 is 1.85 bits per heavy atom.